The molecule has 0 saturated carbocycles. The van der Waals surface area contributed by atoms with E-state index < -0.39 is 10.0 Å². The molecule has 2 aromatic rings. The lowest BCUT2D eigenvalue weighted by Gasteiger charge is -2.26. The quantitative estimate of drug-likeness (QED) is 0.868. The van der Waals surface area contributed by atoms with Crippen molar-refractivity contribution in [1.82, 2.24) is 4.72 Å². The SMILES string of the molecule is CCOc1ccc(Cl)cc1S(=O)(=O)N[C@@H]1CCCc2ccccc21. The molecule has 24 heavy (non-hydrogen) atoms. The molecule has 0 fully saturated rings. The molecule has 0 radical (unpaired) electrons. The Morgan fingerprint density at radius 3 is 2.83 bits per heavy atom. The van der Waals surface area contributed by atoms with Crippen molar-refractivity contribution in [2.75, 3.05) is 6.61 Å². The number of rotatable bonds is 5. The first-order valence-corrected chi connectivity index (χ1v) is 9.90. The summed E-state index contributed by atoms with van der Waals surface area (Å²) in [5.74, 6) is 0.318. The number of aryl methyl sites for hydroxylation is 1. The van der Waals surface area contributed by atoms with Crippen LogP contribution < -0.4 is 9.46 Å². The number of hydrogen-bond donors (Lipinski definition) is 1. The number of halogens is 1. The van der Waals surface area contributed by atoms with Crippen LogP contribution in [-0.2, 0) is 16.4 Å². The Balaban J connectivity index is 1.94. The Kier molecular flexibility index (Phi) is 5.13. The van der Waals surface area contributed by atoms with Crippen molar-refractivity contribution >= 4 is 21.6 Å². The minimum absolute atomic E-state index is 0.0832. The van der Waals surface area contributed by atoms with Crippen LogP contribution in [-0.4, -0.2) is 15.0 Å². The maximum Gasteiger partial charge on any atom is 0.244 e. The van der Waals surface area contributed by atoms with Crippen molar-refractivity contribution in [3.8, 4) is 5.75 Å². The molecule has 0 amide bonds. The molecule has 0 heterocycles. The van der Waals surface area contributed by atoms with E-state index in [9.17, 15) is 8.42 Å². The van der Waals surface area contributed by atoms with Crippen molar-refractivity contribution in [2.45, 2.75) is 37.1 Å². The molecule has 1 aliphatic rings. The van der Waals surface area contributed by atoms with Gasteiger partial charge in [-0.15, -0.1) is 0 Å². The third-order valence-corrected chi connectivity index (χ3v) is 5.89. The van der Waals surface area contributed by atoms with E-state index in [0.717, 1.165) is 24.8 Å². The van der Waals surface area contributed by atoms with Crippen LogP contribution in [0, 0.1) is 0 Å². The van der Waals surface area contributed by atoms with Gasteiger partial charge in [0, 0.05) is 11.1 Å². The number of fused-ring (bicyclic) bond motifs is 1. The summed E-state index contributed by atoms with van der Waals surface area (Å²) < 4.78 is 34.1. The molecular weight excluding hydrogens is 346 g/mol. The first kappa shape index (κ1) is 17.3. The largest absolute Gasteiger partial charge is 0.492 e. The molecule has 0 bridgehead atoms. The van der Waals surface area contributed by atoms with Crippen LogP contribution in [0.1, 0.15) is 36.9 Å². The van der Waals surface area contributed by atoms with Crippen molar-refractivity contribution in [1.29, 1.82) is 0 Å². The van der Waals surface area contributed by atoms with Gasteiger partial charge in [0.1, 0.15) is 10.6 Å². The third-order valence-electron chi connectivity index (χ3n) is 4.16. The summed E-state index contributed by atoms with van der Waals surface area (Å²) >= 11 is 6.00. The summed E-state index contributed by atoms with van der Waals surface area (Å²) in [5, 5.41) is 0.364. The van der Waals surface area contributed by atoms with Crippen LogP contribution in [0.4, 0.5) is 0 Å². The van der Waals surface area contributed by atoms with Crippen molar-refractivity contribution in [3.63, 3.8) is 0 Å². The number of ether oxygens (including phenoxy) is 1. The van der Waals surface area contributed by atoms with Crippen molar-refractivity contribution < 1.29 is 13.2 Å². The van der Waals surface area contributed by atoms with Gasteiger partial charge in [0.05, 0.1) is 6.61 Å². The summed E-state index contributed by atoms with van der Waals surface area (Å²) in [7, 11) is -3.74. The fourth-order valence-corrected chi connectivity index (χ4v) is 4.75. The van der Waals surface area contributed by atoms with Gasteiger partial charge >= 0.3 is 0 Å². The molecule has 4 nitrogen and oxygen atoms in total. The summed E-state index contributed by atoms with van der Waals surface area (Å²) in [5.41, 5.74) is 2.25. The second-order valence-corrected chi connectivity index (χ2v) is 7.91. The molecular formula is C18H20ClNO3S. The predicted octanol–water partition coefficient (Wildman–Crippen LogP) is 4.09. The molecule has 0 saturated heterocycles. The minimum atomic E-state index is -3.74. The summed E-state index contributed by atoms with van der Waals surface area (Å²) in [6, 6.07) is 12.4. The topological polar surface area (TPSA) is 55.4 Å². The molecule has 0 spiro atoms. The van der Waals surface area contributed by atoms with Gasteiger partial charge in [0.2, 0.25) is 10.0 Å². The Bertz CT molecular complexity index is 836. The molecule has 3 rings (SSSR count). The van der Waals surface area contributed by atoms with E-state index in [1.165, 1.54) is 11.6 Å². The predicted molar refractivity (Wildman–Crippen MR) is 95.1 cm³/mol. The van der Waals surface area contributed by atoms with Gasteiger partial charge < -0.3 is 4.74 Å². The average molecular weight is 366 g/mol. The van der Waals surface area contributed by atoms with E-state index in [1.807, 2.05) is 25.1 Å². The van der Waals surface area contributed by atoms with Crippen LogP contribution in [0.3, 0.4) is 0 Å². The van der Waals surface area contributed by atoms with Gasteiger partial charge in [0.25, 0.3) is 0 Å². The third kappa shape index (κ3) is 3.58. The Morgan fingerprint density at radius 1 is 1.25 bits per heavy atom. The first-order valence-electron chi connectivity index (χ1n) is 8.04. The van der Waals surface area contributed by atoms with Gasteiger partial charge in [-0.3, -0.25) is 0 Å². The zero-order chi connectivity index (χ0) is 17.2. The number of sulfonamides is 1. The van der Waals surface area contributed by atoms with E-state index in [0.29, 0.717) is 17.4 Å². The maximum atomic E-state index is 12.9. The zero-order valence-electron chi connectivity index (χ0n) is 13.5. The lowest BCUT2D eigenvalue weighted by atomic mass is 9.88. The summed E-state index contributed by atoms with van der Waals surface area (Å²) in [6.07, 6.45) is 2.72. The van der Waals surface area contributed by atoms with E-state index in [1.54, 1.807) is 12.1 Å². The van der Waals surface area contributed by atoms with E-state index in [-0.39, 0.29) is 10.9 Å². The molecule has 128 valence electrons. The normalized spacial score (nSPS) is 17.3. The van der Waals surface area contributed by atoms with Gasteiger partial charge in [-0.05, 0) is 55.5 Å². The van der Waals surface area contributed by atoms with Gasteiger partial charge in [-0.2, -0.15) is 0 Å². The molecule has 0 aliphatic heterocycles. The average Bonchev–Trinajstić information content (AvgIpc) is 2.57. The van der Waals surface area contributed by atoms with E-state index >= 15 is 0 Å². The van der Waals surface area contributed by atoms with Crippen molar-refractivity contribution in [2.24, 2.45) is 0 Å². The summed E-state index contributed by atoms with van der Waals surface area (Å²) in [6.45, 7) is 2.20. The van der Waals surface area contributed by atoms with Gasteiger partial charge in [-0.25, -0.2) is 13.1 Å². The second-order valence-electron chi connectivity index (χ2n) is 5.79. The monoisotopic (exact) mass is 365 g/mol. The molecule has 1 aliphatic carbocycles. The number of hydrogen-bond acceptors (Lipinski definition) is 3. The molecule has 1 N–H and O–H groups in total. The van der Waals surface area contributed by atoms with Crippen LogP contribution in [0.25, 0.3) is 0 Å². The fourth-order valence-electron chi connectivity index (χ4n) is 3.09. The lowest BCUT2D eigenvalue weighted by molar-refractivity contribution is 0.331. The highest BCUT2D eigenvalue weighted by Gasteiger charge is 2.27. The Morgan fingerprint density at radius 2 is 2.04 bits per heavy atom. The molecule has 2 aromatic carbocycles. The highest BCUT2D eigenvalue weighted by molar-refractivity contribution is 7.89. The smallest absolute Gasteiger partial charge is 0.244 e. The molecule has 0 unspecified atom stereocenters. The van der Waals surface area contributed by atoms with Gasteiger partial charge in [-0.1, -0.05) is 35.9 Å². The molecule has 6 heteroatoms. The number of nitrogens with one attached hydrogen (secondary N) is 1. The van der Waals surface area contributed by atoms with Gasteiger partial charge in [0.15, 0.2) is 0 Å². The van der Waals surface area contributed by atoms with Crippen LogP contribution >= 0.6 is 11.6 Å². The first-order chi connectivity index (χ1) is 11.5. The Hall–Kier alpha value is -1.56. The molecule has 0 aromatic heterocycles. The fraction of sp³-hybridized carbons (Fsp3) is 0.333. The van der Waals surface area contributed by atoms with Crippen LogP contribution in [0.5, 0.6) is 5.75 Å². The van der Waals surface area contributed by atoms with E-state index in [2.05, 4.69) is 10.8 Å². The lowest BCUT2D eigenvalue weighted by Crippen LogP contribution is -2.31. The number of benzene rings is 2. The Labute approximate surface area is 147 Å². The summed E-state index contributed by atoms with van der Waals surface area (Å²) in [4.78, 5) is 0.0832. The zero-order valence-corrected chi connectivity index (χ0v) is 15.0. The standard InChI is InChI=1S/C18H20ClNO3S/c1-2-23-17-11-10-14(19)12-18(17)24(21,22)20-16-9-5-7-13-6-3-4-8-15(13)16/h3-4,6,8,10-12,16,20H,2,5,7,9H2,1H3/t16-/m1/s1. The second kappa shape index (κ2) is 7.13. The molecule has 1 atom stereocenters. The van der Waals surface area contributed by atoms with Crippen molar-refractivity contribution in [3.05, 3.63) is 58.6 Å². The van der Waals surface area contributed by atoms with Crippen LogP contribution in [0.15, 0.2) is 47.4 Å². The highest BCUT2D eigenvalue weighted by Crippen LogP contribution is 2.33. The highest BCUT2D eigenvalue weighted by atomic mass is 35.5. The van der Waals surface area contributed by atoms with E-state index in [4.69, 9.17) is 16.3 Å². The maximum absolute atomic E-state index is 12.9. The van der Waals surface area contributed by atoms with Crippen LogP contribution in [0.2, 0.25) is 5.02 Å². The minimum Gasteiger partial charge on any atom is -0.492 e.